The van der Waals surface area contributed by atoms with E-state index >= 15 is 0 Å². The highest BCUT2D eigenvalue weighted by atomic mass is 32.2. The lowest BCUT2D eigenvalue weighted by atomic mass is 9.75. The van der Waals surface area contributed by atoms with Gasteiger partial charge in [-0.2, -0.15) is 0 Å². The van der Waals surface area contributed by atoms with Crippen molar-refractivity contribution in [2.75, 3.05) is 6.26 Å². The summed E-state index contributed by atoms with van der Waals surface area (Å²) in [6.45, 7) is 7.96. The van der Waals surface area contributed by atoms with Crippen LogP contribution in [0.5, 0.6) is 0 Å². The normalized spacial score (nSPS) is 18.7. The van der Waals surface area contributed by atoms with Crippen LogP contribution in [0.4, 0.5) is 0 Å². The summed E-state index contributed by atoms with van der Waals surface area (Å²) in [6.07, 6.45) is 1.22. The quantitative estimate of drug-likeness (QED) is 0.636. The Morgan fingerprint density at radius 2 is 1.39 bits per heavy atom. The van der Waals surface area contributed by atoms with Crippen molar-refractivity contribution < 1.29 is 17.7 Å². The summed E-state index contributed by atoms with van der Waals surface area (Å²) >= 11 is 0. The van der Waals surface area contributed by atoms with Gasteiger partial charge in [-0.15, -0.1) is 0 Å². The van der Waals surface area contributed by atoms with Crippen LogP contribution in [0.15, 0.2) is 54.6 Å². The molecule has 0 bridgehead atoms. The van der Waals surface area contributed by atoms with Crippen LogP contribution in [0, 0.1) is 0 Å². The molecule has 1 fully saturated rings. The molecular formula is C21H24BNO4S. The van der Waals surface area contributed by atoms with E-state index in [0.29, 0.717) is 11.2 Å². The van der Waals surface area contributed by atoms with E-state index in [0.717, 1.165) is 16.4 Å². The Morgan fingerprint density at radius 1 is 0.857 bits per heavy atom. The molecule has 0 unspecified atom stereocenters. The molecule has 3 aromatic rings. The fraction of sp³-hybridized carbons (Fsp3) is 0.333. The van der Waals surface area contributed by atoms with E-state index in [1.807, 2.05) is 82.3 Å². The van der Waals surface area contributed by atoms with E-state index in [1.54, 1.807) is 0 Å². The summed E-state index contributed by atoms with van der Waals surface area (Å²) in [5.41, 5.74) is 1.69. The van der Waals surface area contributed by atoms with E-state index in [9.17, 15) is 8.42 Å². The zero-order valence-electron chi connectivity index (χ0n) is 16.8. The molecule has 0 spiro atoms. The Morgan fingerprint density at radius 3 is 1.96 bits per heavy atom. The molecule has 0 amide bonds. The largest absolute Gasteiger partial charge is 0.497 e. The van der Waals surface area contributed by atoms with Crippen molar-refractivity contribution in [1.29, 1.82) is 0 Å². The smallest absolute Gasteiger partial charge is 0.399 e. The molecule has 1 aliphatic rings. The Bertz CT molecular complexity index is 1130. The highest BCUT2D eigenvalue weighted by molar-refractivity contribution is 7.89. The molecule has 2 heterocycles. The van der Waals surface area contributed by atoms with Crippen LogP contribution in [0.2, 0.25) is 0 Å². The van der Waals surface area contributed by atoms with Crippen molar-refractivity contribution in [2.45, 2.75) is 38.9 Å². The molecule has 0 saturated carbocycles. The molecule has 1 aromatic heterocycles. The Balaban J connectivity index is 2.10. The lowest BCUT2D eigenvalue weighted by Gasteiger charge is -2.32. The van der Waals surface area contributed by atoms with Crippen LogP contribution in [-0.4, -0.2) is 37.0 Å². The topological polar surface area (TPSA) is 57.5 Å². The first-order valence-corrected chi connectivity index (χ1v) is 11.1. The summed E-state index contributed by atoms with van der Waals surface area (Å²) in [5, 5.41) is 0.810. The standard InChI is InChI=1S/C21H24BNO4S/c1-20(2)21(3,4)27-22(26-20)18-16-13-9-10-14-17(16)23(28(5,24)25)19(18)15-11-7-6-8-12-15/h6-14H,1-5H3. The summed E-state index contributed by atoms with van der Waals surface area (Å²) in [7, 11) is -4.24. The average molecular weight is 397 g/mol. The molecule has 1 aliphatic heterocycles. The van der Waals surface area contributed by atoms with Gasteiger partial charge in [0, 0.05) is 10.8 Å². The van der Waals surface area contributed by atoms with E-state index in [4.69, 9.17) is 9.31 Å². The van der Waals surface area contributed by atoms with E-state index in [2.05, 4.69) is 0 Å². The van der Waals surface area contributed by atoms with Crippen molar-refractivity contribution in [3.05, 3.63) is 54.6 Å². The second kappa shape index (κ2) is 6.21. The van der Waals surface area contributed by atoms with Gasteiger partial charge in [0.15, 0.2) is 0 Å². The number of rotatable bonds is 3. The average Bonchev–Trinajstić information content (AvgIpc) is 3.06. The molecule has 0 N–H and O–H groups in total. The van der Waals surface area contributed by atoms with Crippen molar-refractivity contribution in [3.8, 4) is 11.3 Å². The van der Waals surface area contributed by atoms with Gasteiger partial charge in [0.1, 0.15) is 0 Å². The highest BCUT2D eigenvalue weighted by Gasteiger charge is 2.53. The molecule has 0 radical (unpaired) electrons. The minimum atomic E-state index is -3.57. The second-order valence-electron chi connectivity index (χ2n) is 8.26. The van der Waals surface area contributed by atoms with Gasteiger partial charge in [0.25, 0.3) is 0 Å². The minimum absolute atomic E-state index is 0.528. The van der Waals surface area contributed by atoms with Gasteiger partial charge in [0.2, 0.25) is 10.0 Å². The number of nitrogens with zero attached hydrogens (tertiary/aromatic N) is 1. The maximum Gasteiger partial charge on any atom is 0.497 e. The van der Waals surface area contributed by atoms with Gasteiger partial charge in [0.05, 0.1) is 28.7 Å². The summed E-state index contributed by atoms with van der Waals surface area (Å²) < 4.78 is 39.6. The first kappa shape index (κ1) is 19.2. The molecule has 5 nitrogen and oxygen atoms in total. The third-order valence-corrected chi connectivity index (χ3v) is 6.78. The predicted molar refractivity (Wildman–Crippen MR) is 113 cm³/mol. The predicted octanol–water partition coefficient (Wildman–Crippen LogP) is 3.42. The number of hydrogen-bond acceptors (Lipinski definition) is 4. The number of hydrogen-bond donors (Lipinski definition) is 0. The van der Waals surface area contributed by atoms with Gasteiger partial charge in [-0.3, -0.25) is 0 Å². The van der Waals surface area contributed by atoms with Crippen LogP contribution in [-0.2, 0) is 19.3 Å². The third-order valence-electron chi connectivity index (χ3n) is 5.74. The van der Waals surface area contributed by atoms with E-state index in [1.165, 1.54) is 10.2 Å². The fourth-order valence-corrected chi connectivity index (χ4v) is 4.70. The van der Waals surface area contributed by atoms with Crippen molar-refractivity contribution in [1.82, 2.24) is 3.97 Å². The number of benzene rings is 2. The van der Waals surface area contributed by atoms with Crippen molar-refractivity contribution >= 4 is 33.5 Å². The molecule has 28 heavy (non-hydrogen) atoms. The monoisotopic (exact) mass is 397 g/mol. The van der Waals surface area contributed by atoms with Gasteiger partial charge in [-0.05, 0) is 39.3 Å². The number of fused-ring (bicyclic) bond motifs is 1. The molecule has 1 saturated heterocycles. The van der Waals surface area contributed by atoms with Crippen LogP contribution in [0.3, 0.4) is 0 Å². The summed E-state index contributed by atoms with van der Waals surface area (Å²) in [5.74, 6) is 0. The van der Waals surface area contributed by atoms with Crippen molar-refractivity contribution in [2.24, 2.45) is 0 Å². The van der Waals surface area contributed by atoms with Crippen molar-refractivity contribution in [3.63, 3.8) is 0 Å². The lowest BCUT2D eigenvalue weighted by Crippen LogP contribution is -2.41. The fourth-order valence-electron chi connectivity index (χ4n) is 3.65. The molecule has 0 aliphatic carbocycles. The molecule has 146 valence electrons. The van der Waals surface area contributed by atoms with Gasteiger partial charge >= 0.3 is 7.12 Å². The van der Waals surface area contributed by atoms with Gasteiger partial charge in [-0.1, -0.05) is 48.5 Å². The molecule has 2 aromatic carbocycles. The lowest BCUT2D eigenvalue weighted by molar-refractivity contribution is 0.00578. The van der Waals surface area contributed by atoms with Crippen LogP contribution in [0.1, 0.15) is 27.7 Å². The first-order valence-electron chi connectivity index (χ1n) is 9.28. The third kappa shape index (κ3) is 2.89. The Hall–Kier alpha value is -2.09. The van der Waals surface area contributed by atoms with Gasteiger partial charge < -0.3 is 9.31 Å². The maximum atomic E-state index is 12.8. The zero-order valence-corrected chi connectivity index (χ0v) is 17.6. The Kier molecular flexibility index (Phi) is 4.27. The molecule has 7 heteroatoms. The first-order chi connectivity index (χ1) is 13.0. The van der Waals surface area contributed by atoms with E-state index < -0.39 is 28.3 Å². The van der Waals surface area contributed by atoms with Crippen LogP contribution >= 0.6 is 0 Å². The molecule has 0 atom stereocenters. The zero-order chi connectivity index (χ0) is 20.3. The number of para-hydroxylation sites is 1. The van der Waals surface area contributed by atoms with E-state index in [-0.39, 0.29) is 0 Å². The SMILES string of the molecule is CC1(C)OB(c2c(-c3ccccc3)n(S(C)(=O)=O)c3ccccc23)OC1(C)C. The second-order valence-corrected chi connectivity index (χ2v) is 10.1. The minimum Gasteiger partial charge on any atom is -0.399 e. The van der Waals surface area contributed by atoms with Crippen LogP contribution in [0.25, 0.3) is 22.2 Å². The summed E-state index contributed by atoms with van der Waals surface area (Å²) in [4.78, 5) is 0. The maximum absolute atomic E-state index is 12.8. The summed E-state index contributed by atoms with van der Waals surface area (Å²) in [6, 6.07) is 17.0. The number of aromatic nitrogens is 1. The van der Waals surface area contributed by atoms with Gasteiger partial charge in [-0.25, -0.2) is 12.4 Å². The molecular weight excluding hydrogens is 373 g/mol. The Labute approximate surface area is 166 Å². The van der Waals surface area contributed by atoms with Crippen LogP contribution < -0.4 is 5.46 Å². The highest BCUT2D eigenvalue weighted by Crippen LogP contribution is 2.39. The molecule has 4 rings (SSSR count).